The number of ether oxygens (including phenoxy) is 6. The summed E-state index contributed by atoms with van der Waals surface area (Å²) in [6, 6.07) is 1.43. The van der Waals surface area contributed by atoms with E-state index in [0.29, 0.717) is 42.1 Å². The van der Waals surface area contributed by atoms with E-state index in [4.69, 9.17) is 28.4 Å². The van der Waals surface area contributed by atoms with E-state index in [0.717, 1.165) is 36.6 Å². The van der Waals surface area contributed by atoms with Gasteiger partial charge in [0.1, 0.15) is 67.1 Å². The van der Waals surface area contributed by atoms with E-state index in [1.54, 1.807) is 0 Å². The molecule has 5 aliphatic heterocycles. The van der Waals surface area contributed by atoms with Gasteiger partial charge in [0.2, 0.25) is 0 Å². The van der Waals surface area contributed by atoms with Crippen molar-refractivity contribution in [2.24, 2.45) is 46.3 Å². The summed E-state index contributed by atoms with van der Waals surface area (Å²) in [7, 11) is 0. The number of piperidine rings is 1. The molecule has 0 amide bonds. The Hall–Kier alpha value is -0.900. The number of fused-ring (bicyclic) bond motifs is 9. The van der Waals surface area contributed by atoms with Crippen LogP contribution in [0.4, 0.5) is 0 Å². The van der Waals surface area contributed by atoms with Crippen molar-refractivity contribution in [2.45, 2.75) is 203 Å². The summed E-state index contributed by atoms with van der Waals surface area (Å²) >= 11 is 0. The van der Waals surface area contributed by atoms with Crippen molar-refractivity contribution in [1.82, 2.24) is 4.90 Å². The van der Waals surface area contributed by atoms with Crippen LogP contribution in [0.3, 0.4) is 0 Å². The molecule has 4 aliphatic carbocycles. The Kier molecular flexibility index (Phi) is 12.7. The second-order valence-corrected chi connectivity index (χ2v) is 21.2. The number of hydrogen-bond donors (Lipinski definition) is 9. The number of allylic oxidation sites excluding steroid dienone is 1. The molecule has 9 rings (SSSR count). The topological polar surface area (TPSA) is 241 Å². The molecule has 61 heavy (non-hydrogen) atoms. The maximum absolute atomic E-state index is 11.6. The maximum Gasteiger partial charge on any atom is 0.187 e. The van der Waals surface area contributed by atoms with E-state index in [2.05, 4.69) is 38.7 Å². The standard InChI is InChI=1S/C45H73NO15/c1-19-6-9-27-20(2)31-28(46(27)16-19)15-26-24-8-7-22-14-23(10-12-44(22,4)25(24)11-13-45(26,31)5)57-43-40(61-41-37(54)35(52)32(49)21(3)56-41)39(34(51)30(18-48)59-43)60-42-38(55)36(53)33(50)29(17-47)58-42/h7,19-21,23-43,47-55H,6,8-18H2,1-5H3/t19-,20+,21-,23+,24+,25-,26-,27+,28-,29-,30+,31-,32-,33-,34+,35+,36-,37+,38+,39-,40+,41+,42+,43+,44-,45-/m1/s1. The van der Waals surface area contributed by atoms with Gasteiger partial charge in [-0.3, -0.25) is 4.90 Å². The lowest BCUT2D eigenvalue weighted by atomic mass is 9.47. The van der Waals surface area contributed by atoms with Gasteiger partial charge in [-0.25, -0.2) is 0 Å². The van der Waals surface area contributed by atoms with Crippen LogP contribution in [-0.2, 0) is 28.4 Å². The predicted octanol–water partition coefficient (Wildman–Crippen LogP) is 0.155. The minimum Gasteiger partial charge on any atom is -0.394 e. The summed E-state index contributed by atoms with van der Waals surface area (Å²) < 4.78 is 36.8. The highest BCUT2D eigenvalue weighted by molar-refractivity contribution is 5.27. The number of hydrogen-bond acceptors (Lipinski definition) is 16. The lowest BCUT2D eigenvalue weighted by molar-refractivity contribution is -0.394. The van der Waals surface area contributed by atoms with Crippen LogP contribution in [0.15, 0.2) is 11.6 Å². The number of rotatable bonds is 8. The molecule has 5 saturated heterocycles. The maximum atomic E-state index is 11.6. The van der Waals surface area contributed by atoms with E-state index in [-0.39, 0.29) is 11.5 Å². The lowest BCUT2D eigenvalue weighted by Crippen LogP contribution is -2.67. The molecule has 26 atom stereocenters. The van der Waals surface area contributed by atoms with E-state index in [9.17, 15) is 46.0 Å². The highest BCUT2D eigenvalue weighted by Gasteiger charge is 2.66. The fraction of sp³-hybridized carbons (Fsp3) is 0.956. The fourth-order valence-electron chi connectivity index (χ4n) is 14.7. The molecule has 16 heteroatoms. The molecule has 0 aromatic rings. The van der Waals surface area contributed by atoms with Crippen molar-refractivity contribution < 1.29 is 74.4 Å². The highest BCUT2D eigenvalue weighted by Crippen LogP contribution is 2.70. The van der Waals surface area contributed by atoms with E-state index in [1.165, 1.54) is 51.1 Å². The normalized spacial score (nSPS) is 57.3. The molecular weight excluding hydrogens is 794 g/mol. The first-order valence-corrected chi connectivity index (χ1v) is 23.4. The van der Waals surface area contributed by atoms with Crippen LogP contribution in [0.25, 0.3) is 0 Å². The Balaban J connectivity index is 0.952. The van der Waals surface area contributed by atoms with Gasteiger partial charge in [0, 0.05) is 18.6 Å². The molecule has 0 radical (unpaired) electrons. The Labute approximate surface area is 359 Å². The lowest BCUT2D eigenvalue weighted by Gasteiger charge is -2.58. The summed E-state index contributed by atoms with van der Waals surface area (Å²) in [5.41, 5.74) is 1.72. The molecule has 0 bridgehead atoms. The molecule has 5 heterocycles. The molecule has 0 spiro atoms. The van der Waals surface area contributed by atoms with E-state index >= 15 is 0 Å². The Bertz CT molecular complexity index is 1590. The summed E-state index contributed by atoms with van der Waals surface area (Å²) in [6.07, 6.45) is -11.1. The van der Waals surface area contributed by atoms with Crippen molar-refractivity contribution in [2.75, 3.05) is 19.8 Å². The van der Waals surface area contributed by atoms with Crippen molar-refractivity contribution in [1.29, 1.82) is 0 Å². The summed E-state index contributed by atoms with van der Waals surface area (Å²) in [4.78, 5) is 2.94. The highest BCUT2D eigenvalue weighted by atomic mass is 16.8. The molecule has 3 saturated carbocycles. The second kappa shape index (κ2) is 17.1. The first kappa shape index (κ1) is 45.3. The van der Waals surface area contributed by atoms with E-state index in [1.807, 2.05) is 0 Å². The third kappa shape index (κ3) is 7.42. The van der Waals surface area contributed by atoms with Gasteiger partial charge in [0.15, 0.2) is 18.9 Å². The summed E-state index contributed by atoms with van der Waals surface area (Å²) in [5, 5.41) is 95.8. The number of nitrogens with zero attached hydrogens (tertiary/aromatic N) is 1. The summed E-state index contributed by atoms with van der Waals surface area (Å²) in [5.74, 6) is 4.15. The van der Waals surface area contributed by atoms with Gasteiger partial charge in [-0.1, -0.05) is 39.3 Å². The van der Waals surface area contributed by atoms with Gasteiger partial charge in [0.05, 0.1) is 25.4 Å². The van der Waals surface area contributed by atoms with Gasteiger partial charge in [-0.15, -0.1) is 0 Å². The largest absolute Gasteiger partial charge is 0.394 e. The molecule has 9 N–H and O–H groups in total. The van der Waals surface area contributed by atoms with Gasteiger partial charge in [-0.05, 0) is 111 Å². The number of aliphatic hydroxyl groups excluding tert-OH is 9. The summed E-state index contributed by atoms with van der Waals surface area (Å²) in [6.45, 7) is 11.4. The molecule has 9 aliphatic rings. The smallest absolute Gasteiger partial charge is 0.187 e. The zero-order chi connectivity index (χ0) is 43.4. The number of aliphatic hydroxyl groups is 9. The van der Waals surface area contributed by atoms with E-state index < -0.39 is 105 Å². The molecule has 0 aromatic heterocycles. The molecule has 8 fully saturated rings. The Morgan fingerprint density at radius 2 is 1.33 bits per heavy atom. The molecule has 348 valence electrons. The molecule has 0 unspecified atom stereocenters. The fourth-order valence-corrected chi connectivity index (χ4v) is 14.7. The predicted molar refractivity (Wildman–Crippen MR) is 215 cm³/mol. The molecule has 16 nitrogen and oxygen atoms in total. The van der Waals surface area contributed by atoms with Gasteiger partial charge < -0.3 is 74.4 Å². The first-order chi connectivity index (χ1) is 29.0. The van der Waals surface area contributed by atoms with Crippen LogP contribution in [0.5, 0.6) is 0 Å². The van der Waals surface area contributed by atoms with Gasteiger partial charge >= 0.3 is 0 Å². The second-order valence-electron chi connectivity index (χ2n) is 21.2. The zero-order valence-corrected chi connectivity index (χ0v) is 36.3. The van der Waals surface area contributed by atoms with Crippen molar-refractivity contribution >= 4 is 0 Å². The zero-order valence-electron chi connectivity index (χ0n) is 36.3. The average Bonchev–Trinajstić information content (AvgIpc) is 3.71. The van der Waals surface area contributed by atoms with Crippen LogP contribution in [0, 0.1) is 46.3 Å². The first-order valence-electron chi connectivity index (χ1n) is 23.4. The third-order valence-corrected chi connectivity index (χ3v) is 18.0. The monoisotopic (exact) mass is 867 g/mol. The Morgan fingerprint density at radius 1 is 0.672 bits per heavy atom. The molecule has 0 aromatic carbocycles. The van der Waals surface area contributed by atoms with Crippen LogP contribution in [-0.4, -0.2) is 181 Å². The third-order valence-electron chi connectivity index (χ3n) is 18.0. The van der Waals surface area contributed by atoms with Crippen LogP contribution in [0.2, 0.25) is 0 Å². The van der Waals surface area contributed by atoms with Gasteiger partial charge in [-0.2, -0.15) is 0 Å². The Morgan fingerprint density at radius 3 is 2.05 bits per heavy atom. The van der Waals surface area contributed by atoms with Crippen LogP contribution in [0.1, 0.15) is 92.4 Å². The minimum absolute atomic E-state index is 0.00462. The van der Waals surface area contributed by atoms with Gasteiger partial charge in [0.25, 0.3) is 0 Å². The SMILES string of the molecule is C[C@@H]1CC[C@H]2[C@H](C)[C@@H]3[C@@H](C[C@@H]4[C@H]5CC=C6C[C@@H](O[C@H]7O[C@@H](CO)[C@H](O)[C@@H](O[C@@H]8O[C@H](CO)[C@@H](O)[C@@H](O)[C@@H]8O)[C@@H]7O[C@@H]7O[C@H](C)[C@@H](O)[C@H](O)[C@@H]7O)CC[C@@]6(C)[C@@H]5CC[C@@]34C)N2C1. The van der Waals surface area contributed by atoms with Crippen molar-refractivity contribution in [3.05, 3.63) is 11.6 Å². The molecular formula is C45H73NO15. The van der Waals surface area contributed by atoms with Crippen molar-refractivity contribution in [3.8, 4) is 0 Å². The van der Waals surface area contributed by atoms with Crippen molar-refractivity contribution in [3.63, 3.8) is 0 Å². The quantitative estimate of drug-likeness (QED) is 0.148. The van der Waals surface area contributed by atoms with Crippen LogP contribution < -0.4 is 0 Å². The van der Waals surface area contributed by atoms with Crippen LogP contribution >= 0.6 is 0 Å². The minimum atomic E-state index is -1.83. The average molecular weight is 868 g/mol.